The summed E-state index contributed by atoms with van der Waals surface area (Å²) in [6.45, 7) is 3.10. The fourth-order valence-electron chi connectivity index (χ4n) is 2.93. The lowest BCUT2D eigenvalue weighted by molar-refractivity contribution is 0.141. The first-order chi connectivity index (χ1) is 13.5. The topological polar surface area (TPSA) is 61.3 Å². The SMILES string of the molecule is Cc1ccc(F)cc1-c1nc(NSc2ccnc(N3CC(O)C3)c2)ccc1Cl. The van der Waals surface area contributed by atoms with Crippen LogP contribution in [-0.4, -0.2) is 34.3 Å². The van der Waals surface area contributed by atoms with Crippen molar-refractivity contribution in [2.75, 3.05) is 22.7 Å². The molecule has 2 N–H and O–H groups in total. The molecule has 3 heterocycles. The molecule has 8 heteroatoms. The molecule has 0 bridgehead atoms. The van der Waals surface area contributed by atoms with Gasteiger partial charge in [-0.1, -0.05) is 17.7 Å². The third-order valence-electron chi connectivity index (χ3n) is 4.48. The van der Waals surface area contributed by atoms with Crippen LogP contribution in [0.3, 0.4) is 0 Å². The van der Waals surface area contributed by atoms with Crippen LogP contribution in [0, 0.1) is 12.7 Å². The van der Waals surface area contributed by atoms with Gasteiger partial charge in [-0.05, 0) is 60.8 Å². The van der Waals surface area contributed by atoms with Crippen molar-refractivity contribution in [1.29, 1.82) is 0 Å². The van der Waals surface area contributed by atoms with Gasteiger partial charge in [0.25, 0.3) is 0 Å². The molecule has 1 saturated heterocycles. The summed E-state index contributed by atoms with van der Waals surface area (Å²) in [5, 5.41) is 9.92. The maximum Gasteiger partial charge on any atom is 0.136 e. The van der Waals surface area contributed by atoms with Gasteiger partial charge < -0.3 is 14.7 Å². The number of hydrogen-bond acceptors (Lipinski definition) is 6. The zero-order valence-corrected chi connectivity index (χ0v) is 16.6. The van der Waals surface area contributed by atoms with Crippen LogP contribution >= 0.6 is 23.5 Å². The van der Waals surface area contributed by atoms with Crippen molar-refractivity contribution in [1.82, 2.24) is 9.97 Å². The number of nitrogens with one attached hydrogen (secondary N) is 1. The molecule has 1 aliphatic rings. The van der Waals surface area contributed by atoms with Gasteiger partial charge in [0.05, 0.1) is 16.8 Å². The highest BCUT2D eigenvalue weighted by Crippen LogP contribution is 2.32. The highest BCUT2D eigenvalue weighted by atomic mass is 35.5. The second kappa shape index (κ2) is 7.95. The van der Waals surface area contributed by atoms with E-state index in [0.29, 0.717) is 35.2 Å². The predicted octanol–water partition coefficient (Wildman–Crippen LogP) is 4.54. The van der Waals surface area contributed by atoms with Crippen LogP contribution in [-0.2, 0) is 0 Å². The van der Waals surface area contributed by atoms with Crippen LogP contribution in [0.15, 0.2) is 53.6 Å². The maximum atomic E-state index is 13.7. The molecule has 28 heavy (non-hydrogen) atoms. The Morgan fingerprint density at radius 2 is 2.04 bits per heavy atom. The molecule has 0 aliphatic carbocycles. The molecule has 0 spiro atoms. The van der Waals surface area contributed by atoms with Gasteiger partial charge in [0, 0.05) is 29.7 Å². The number of halogens is 2. The van der Waals surface area contributed by atoms with Gasteiger partial charge >= 0.3 is 0 Å². The molecule has 1 aliphatic heterocycles. The number of anilines is 2. The molecular weight excluding hydrogens is 399 g/mol. The van der Waals surface area contributed by atoms with E-state index in [-0.39, 0.29) is 11.9 Å². The Morgan fingerprint density at radius 3 is 2.82 bits per heavy atom. The number of β-amino-alcohol motifs (C(OH)–C–C–N with tert-alkyl or cyclic N) is 1. The van der Waals surface area contributed by atoms with E-state index >= 15 is 0 Å². The fraction of sp³-hybridized carbons (Fsp3) is 0.200. The van der Waals surface area contributed by atoms with Gasteiger partial charge in [0.15, 0.2) is 0 Å². The zero-order chi connectivity index (χ0) is 19.7. The van der Waals surface area contributed by atoms with Crippen molar-refractivity contribution in [2.24, 2.45) is 0 Å². The standard InChI is InChI=1S/C20H18ClFN4OS/c1-12-2-3-13(22)8-16(12)20-17(21)4-5-18(24-20)25-28-15-6-7-23-19(9-15)26-10-14(27)11-26/h2-9,14,27H,10-11H2,1H3,(H,24,25). The van der Waals surface area contributed by atoms with Crippen molar-refractivity contribution >= 4 is 35.2 Å². The Labute approximate surface area is 171 Å². The number of aromatic nitrogens is 2. The molecule has 1 aromatic carbocycles. The molecule has 3 aromatic rings. The van der Waals surface area contributed by atoms with Crippen LogP contribution in [0.4, 0.5) is 16.0 Å². The Hall–Kier alpha value is -2.35. The van der Waals surface area contributed by atoms with Crippen molar-refractivity contribution in [3.63, 3.8) is 0 Å². The van der Waals surface area contributed by atoms with Gasteiger partial charge in [0.1, 0.15) is 17.5 Å². The largest absolute Gasteiger partial charge is 0.389 e. The fourth-order valence-corrected chi connectivity index (χ4v) is 3.76. The number of aliphatic hydroxyl groups is 1. The highest BCUT2D eigenvalue weighted by molar-refractivity contribution is 8.00. The van der Waals surface area contributed by atoms with Crippen LogP contribution in [0.1, 0.15) is 5.56 Å². The molecule has 0 unspecified atom stereocenters. The van der Waals surface area contributed by atoms with E-state index in [9.17, 15) is 9.50 Å². The average Bonchev–Trinajstić information content (AvgIpc) is 2.67. The van der Waals surface area contributed by atoms with E-state index in [1.54, 1.807) is 24.4 Å². The zero-order valence-electron chi connectivity index (χ0n) is 15.1. The van der Waals surface area contributed by atoms with E-state index < -0.39 is 0 Å². The predicted molar refractivity (Wildman–Crippen MR) is 111 cm³/mol. The number of pyridine rings is 2. The van der Waals surface area contributed by atoms with Gasteiger partial charge in [0.2, 0.25) is 0 Å². The second-order valence-corrected chi connectivity index (χ2v) is 7.89. The minimum atomic E-state index is -0.327. The van der Waals surface area contributed by atoms with Crippen molar-refractivity contribution in [3.8, 4) is 11.3 Å². The Balaban J connectivity index is 1.52. The molecule has 0 saturated carbocycles. The summed E-state index contributed by atoms with van der Waals surface area (Å²) in [6, 6.07) is 11.9. The first-order valence-electron chi connectivity index (χ1n) is 8.74. The lowest BCUT2D eigenvalue weighted by atomic mass is 10.0. The molecule has 0 radical (unpaired) electrons. The van der Waals surface area contributed by atoms with Gasteiger partial charge in [-0.3, -0.25) is 0 Å². The van der Waals surface area contributed by atoms with Crippen molar-refractivity contribution in [2.45, 2.75) is 17.9 Å². The second-order valence-electron chi connectivity index (χ2n) is 6.60. The van der Waals surface area contributed by atoms with Crippen LogP contribution in [0.5, 0.6) is 0 Å². The molecule has 0 atom stereocenters. The molecule has 4 rings (SSSR count). The van der Waals surface area contributed by atoms with E-state index in [0.717, 1.165) is 16.3 Å². The van der Waals surface area contributed by atoms with E-state index in [1.807, 2.05) is 24.0 Å². The van der Waals surface area contributed by atoms with E-state index in [1.165, 1.54) is 24.1 Å². The summed E-state index contributed by atoms with van der Waals surface area (Å²) in [7, 11) is 0. The van der Waals surface area contributed by atoms with Crippen LogP contribution in [0.25, 0.3) is 11.3 Å². The third-order valence-corrected chi connectivity index (χ3v) is 5.58. The van der Waals surface area contributed by atoms with Gasteiger partial charge in [-0.25, -0.2) is 14.4 Å². The summed E-state index contributed by atoms with van der Waals surface area (Å²) in [5.74, 6) is 1.12. The number of benzene rings is 1. The first-order valence-corrected chi connectivity index (χ1v) is 9.94. The smallest absolute Gasteiger partial charge is 0.136 e. The van der Waals surface area contributed by atoms with Gasteiger partial charge in [-0.2, -0.15) is 0 Å². The highest BCUT2D eigenvalue weighted by Gasteiger charge is 2.25. The molecule has 2 aromatic heterocycles. The number of nitrogens with zero attached hydrogens (tertiary/aromatic N) is 3. The maximum absolute atomic E-state index is 13.7. The Morgan fingerprint density at radius 1 is 1.21 bits per heavy atom. The number of aryl methyl sites for hydroxylation is 1. The molecular formula is C20H18ClFN4OS. The van der Waals surface area contributed by atoms with E-state index in [2.05, 4.69) is 14.7 Å². The Kier molecular flexibility index (Phi) is 5.39. The monoisotopic (exact) mass is 416 g/mol. The third kappa shape index (κ3) is 4.06. The summed E-state index contributed by atoms with van der Waals surface area (Å²) in [6.07, 6.45) is 1.46. The minimum absolute atomic E-state index is 0.279. The summed E-state index contributed by atoms with van der Waals surface area (Å²) < 4.78 is 16.9. The molecule has 5 nitrogen and oxygen atoms in total. The van der Waals surface area contributed by atoms with Crippen LogP contribution < -0.4 is 9.62 Å². The molecule has 1 fully saturated rings. The summed E-state index contributed by atoms with van der Waals surface area (Å²) in [4.78, 5) is 11.9. The number of rotatable bonds is 5. The lowest BCUT2D eigenvalue weighted by Crippen LogP contribution is -2.51. The van der Waals surface area contributed by atoms with Crippen LogP contribution in [0.2, 0.25) is 5.02 Å². The molecule has 144 valence electrons. The quantitative estimate of drug-likeness (QED) is 0.595. The lowest BCUT2D eigenvalue weighted by Gasteiger charge is -2.36. The van der Waals surface area contributed by atoms with Crippen molar-refractivity contribution < 1.29 is 9.50 Å². The average molecular weight is 417 g/mol. The Bertz CT molecular complexity index is 1010. The first kappa shape index (κ1) is 19.0. The van der Waals surface area contributed by atoms with Crippen molar-refractivity contribution in [3.05, 3.63) is 65.1 Å². The minimum Gasteiger partial charge on any atom is -0.389 e. The normalized spacial score (nSPS) is 14.1. The summed E-state index contributed by atoms with van der Waals surface area (Å²) >= 11 is 7.71. The number of hydrogen-bond donors (Lipinski definition) is 2. The molecule has 0 amide bonds. The van der Waals surface area contributed by atoms with Gasteiger partial charge in [-0.15, -0.1) is 0 Å². The summed E-state index contributed by atoms with van der Waals surface area (Å²) in [5.41, 5.74) is 2.10. The van der Waals surface area contributed by atoms with E-state index in [4.69, 9.17) is 11.6 Å². The number of aliphatic hydroxyl groups excluding tert-OH is 1.